The Bertz CT molecular complexity index is 622. The fraction of sp³-hybridized carbons (Fsp3) is 0.133. The molecule has 0 spiro atoms. The van der Waals surface area contributed by atoms with Crippen molar-refractivity contribution in [1.29, 1.82) is 0 Å². The number of carbonyl (C=O) groups excluding carboxylic acids is 1. The number of rotatable bonds is 2. The maximum absolute atomic E-state index is 12.3. The summed E-state index contributed by atoms with van der Waals surface area (Å²) in [6.07, 6.45) is -0.933. The highest BCUT2D eigenvalue weighted by atomic mass is 16.5. The van der Waals surface area contributed by atoms with Gasteiger partial charge >= 0.3 is 0 Å². The van der Waals surface area contributed by atoms with E-state index < -0.39 is 6.23 Å². The molecule has 4 heteroatoms. The van der Waals surface area contributed by atoms with Crippen molar-refractivity contribution >= 4 is 11.6 Å². The van der Waals surface area contributed by atoms with E-state index in [0.717, 1.165) is 0 Å². The maximum Gasteiger partial charge on any atom is 0.261 e. The molecule has 0 fully saturated rings. The molecule has 0 aliphatic carbocycles. The Morgan fingerprint density at radius 3 is 2.42 bits per heavy atom. The molecular formula is C15H13NO3. The molecule has 3 rings (SSSR count). The van der Waals surface area contributed by atoms with E-state index in [0.29, 0.717) is 22.6 Å². The molecule has 2 aromatic carbocycles. The summed E-state index contributed by atoms with van der Waals surface area (Å²) >= 11 is 0. The topological polar surface area (TPSA) is 49.8 Å². The van der Waals surface area contributed by atoms with Gasteiger partial charge in [-0.05, 0) is 30.3 Å². The summed E-state index contributed by atoms with van der Waals surface area (Å²) in [5.41, 5.74) is 1.84. The first kappa shape index (κ1) is 11.7. The summed E-state index contributed by atoms with van der Waals surface area (Å²) in [5, 5.41) is 10.3. The highest BCUT2D eigenvalue weighted by Crippen LogP contribution is 2.36. The third kappa shape index (κ3) is 1.77. The summed E-state index contributed by atoms with van der Waals surface area (Å²) in [5.74, 6) is 0.524. The quantitative estimate of drug-likeness (QED) is 0.896. The van der Waals surface area contributed by atoms with Crippen molar-refractivity contribution in [1.82, 2.24) is 0 Å². The molecule has 1 aliphatic heterocycles. The van der Waals surface area contributed by atoms with Gasteiger partial charge in [-0.3, -0.25) is 9.69 Å². The second kappa shape index (κ2) is 4.40. The molecule has 4 nitrogen and oxygen atoms in total. The fourth-order valence-corrected chi connectivity index (χ4v) is 2.30. The van der Waals surface area contributed by atoms with Gasteiger partial charge < -0.3 is 9.84 Å². The van der Waals surface area contributed by atoms with E-state index in [9.17, 15) is 9.90 Å². The Morgan fingerprint density at radius 2 is 1.79 bits per heavy atom. The summed E-state index contributed by atoms with van der Waals surface area (Å²) < 4.78 is 5.08. The number of anilines is 1. The lowest BCUT2D eigenvalue weighted by atomic mass is 10.1. The lowest BCUT2D eigenvalue weighted by Crippen LogP contribution is -2.27. The number of methoxy groups -OCH3 is 1. The Kier molecular flexibility index (Phi) is 2.72. The summed E-state index contributed by atoms with van der Waals surface area (Å²) in [4.78, 5) is 13.7. The molecule has 0 bridgehead atoms. The monoisotopic (exact) mass is 255 g/mol. The highest BCUT2D eigenvalue weighted by molar-refractivity contribution is 6.10. The van der Waals surface area contributed by atoms with Gasteiger partial charge in [0.25, 0.3) is 5.91 Å². The van der Waals surface area contributed by atoms with E-state index >= 15 is 0 Å². The Hall–Kier alpha value is -2.33. The van der Waals surface area contributed by atoms with Crippen LogP contribution in [-0.4, -0.2) is 18.1 Å². The van der Waals surface area contributed by atoms with Crippen molar-refractivity contribution in [3.05, 3.63) is 59.7 Å². The zero-order valence-electron chi connectivity index (χ0n) is 10.4. The zero-order chi connectivity index (χ0) is 13.4. The van der Waals surface area contributed by atoms with Crippen molar-refractivity contribution in [2.45, 2.75) is 6.23 Å². The fourth-order valence-electron chi connectivity index (χ4n) is 2.30. The minimum atomic E-state index is -0.933. The minimum absolute atomic E-state index is 0.187. The SMILES string of the molecule is COc1ccc(N2C(=O)c3ccccc3C2O)cc1. The van der Waals surface area contributed by atoms with Gasteiger partial charge in [-0.25, -0.2) is 0 Å². The predicted octanol–water partition coefficient (Wildman–Crippen LogP) is 2.35. The van der Waals surface area contributed by atoms with E-state index in [1.165, 1.54) is 4.90 Å². The second-order valence-electron chi connectivity index (χ2n) is 4.33. The van der Waals surface area contributed by atoms with Crippen LogP contribution in [0.3, 0.4) is 0 Å². The summed E-state index contributed by atoms with van der Waals surface area (Å²) in [7, 11) is 1.58. The molecule has 0 aromatic heterocycles. The van der Waals surface area contributed by atoms with E-state index in [2.05, 4.69) is 0 Å². The summed E-state index contributed by atoms with van der Waals surface area (Å²) in [6.45, 7) is 0. The smallest absolute Gasteiger partial charge is 0.261 e. The number of aliphatic hydroxyl groups is 1. The Morgan fingerprint density at radius 1 is 1.11 bits per heavy atom. The average molecular weight is 255 g/mol. The number of nitrogens with zero attached hydrogens (tertiary/aromatic N) is 1. The second-order valence-corrected chi connectivity index (χ2v) is 4.33. The van der Waals surface area contributed by atoms with Crippen LogP contribution in [0.1, 0.15) is 22.1 Å². The lowest BCUT2D eigenvalue weighted by molar-refractivity contribution is 0.0935. The molecule has 19 heavy (non-hydrogen) atoms. The van der Waals surface area contributed by atoms with Gasteiger partial charge in [0, 0.05) is 16.8 Å². The number of aliphatic hydroxyl groups excluding tert-OH is 1. The maximum atomic E-state index is 12.3. The molecule has 1 atom stereocenters. The number of amides is 1. The van der Waals surface area contributed by atoms with Crippen LogP contribution in [0.15, 0.2) is 48.5 Å². The van der Waals surface area contributed by atoms with Crippen molar-refractivity contribution < 1.29 is 14.6 Å². The van der Waals surface area contributed by atoms with Gasteiger partial charge in [0.05, 0.1) is 7.11 Å². The zero-order valence-corrected chi connectivity index (χ0v) is 10.4. The van der Waals surface area contributed by atoms with Gasteiger partial charge in [0.2, 0.25) is 0 Å². The van der Waals surface area contributed by atoms with E-state index in [4.69, 9.17) is 4.74 Å². The van der Waals surface area contributed by atoms with E-state index in [-0.39, 0.29) is 5.91 Å². The Labute approximate surface area is 110 Å². The van der Waals surface area contributed by atoms with Crippen LogP contribution in [0.25, 0.3) is 0 Å². The third-order valence-corrected chi connectivity index (χ3v) is 3.28. The molecule has 1 N–H and O–H groups in total. The standard InChI is InChI=1S/C15H13NO3/c1-19-11-8-6-10(7-9-11)16-14(17)12-4-2-3-5-13(12)15(16)18/h2-9,14,17H,1H3. The molecule has 0 radical (unpaired) electrons. The van der Waals surface area contributed by atoms with Gasteiger partial charge in [-0.15, -0.1) is 0 Å². The van der Waals surface area contributed by atoms with Crippen LogP contribution >= 0.6 is 0 Å². The highest BCUT2D eigenvalue weighted by Gasteiger charge is 2.35. The molecule has 2 aromatic rings. The van der Waals surface area contributed by atoms with Crippen LogP contribution in [0.2, 0.25) is 0 Å². The number of hydrogen-bond acceptors (Lipinski definition) is 3. The van der Waals surface area contributed by atoms with Crippen LogP contribution in [0.5, 0.6) is 5.75 Å². The van der Waals surface area contributed by atoms with Gasteiger partial charge in [-0.1, -0.05) is 18.2 Å². The molecule has 1 aliphatic rings. The van der Waals surface area contributed by atoms with E-state index in [1.807, 2.05) is 6.07 Å². The first-order chi connectivity index (χ1) is 9.22. The van der Waals surface area contributed by atoms with Crippen LogP contribution < -0.4 is 9.64 Å². The van der Waals surface area contributed by atoms with E-state index in [1.54, 1.807) is 49.6 Å². The number of benzene rings is 2. The third-order valence-electron chi connectivity index (χ3n) is 3.28. The molecule has 0 saturated carbocycles. The summed E-state index contributed by atoms with van der Waals surface area (Å²) in [6, 6.07) is 14.1. The van der Waals surface area contributed by atoms with Crippen LogP contribution in [-0.2, 0) is 0 Å². The van der Waals surface area contributed by atoms with Crippen LogP contribution in [0.4, 0.5) is 5.69 Å². The van der Waals surface area contributed by atoms with Gasteiger partial charge in [0.15, 0.2) is 6.23 Å². The molecule has 96 valence electrons. The molecular weight excluding hydrogens is 242 g/mol. The van der Waals surface area contributed by atoms with Crippen molar-refractivity contribution in [3.63, 3.8) is 0 Å². The lowest BCUT2D eigenvalue weighted by Gasteiger charge is -2.21. The first-order valence-corrected chi connectivity index (χ1v) is 5.97. The van der Waals surface area contributed by atoms with Crippen molar-refractivity contribution in [3.8, 4) is 5.75 Å². The molecule has 1 amide bonds. The largest absolute Gasteiger partial charge is 0.497 e. The predicted molar refractivity (Wildman–Crippen MR) is 71.2 cm³/mol. The number of hydrogen-bond donors (Lipinski definition) is 1. The number of carbonyl (C=O) groups is 1. The minimum Gasteiger partial charge on any atom is -0.497 e. The van der Waals surface area contributed by atoms with Gasteiger partial charge in [0.1, 0.15) is 5.75 Å². The molecule has 1 heterocycles. The molecule has 1 unspecified atom stereocenters. The number of fused-ring (bicyclic) bond motifs is 1. The average Bonchev–Trinajstić information content (AvgIpc) is 2.72. The normalized spacial score (nSPS) is 17.5. The molecule has 0 saturated heterocycles. The number of ether oxygens (including phenoxy) is 1. The van der Waals surface area contributed by atoms with Crippen LogP contribution in [0, 0.1) is 0 Å². The van der Waals surface area contributed by atoms with Crippen molar-refractivity contribution in [2.24, 2.45) is 0 Å². The first-order valence-electron chi connectivity index (χ1n) is 5.97. The Balaban J connectivity index is 2.01. The van der Waals surface area contributed by atoms with Gasteiger partial charge in [-0.2, -0.15) is 0 Å². The van der Waals surface area contributed by atoms with Crippen molar-refractivity contribution in [2.75, 3.05) is 12.0 Å².